The molecule has 0 bridgehead atoms. The number of thiocarbonyl (C=S) groups is 1. The summed E-state index contributed by atoms with van der Waals surface area (Å²) in [5, 5.41) is 14.8. The van der Waals surface area contributed by atoms with E-state index in [2.05, 4.69) is 48.5 Å². The quantitative estimate of drug-likeness (QED) is 0.181. The molecule has 4 rings (SSSR count). The number of fused-ring (bicyclic) bond motifs is 1. The molecule has 0 aliphatic carbocycles. The van der Waals surface area contributed by atoms with E-state index in [4.69, 9.17) is 12.2 Å². The Morgan fingerprint density at radius 2 is 1.83 bits per heavy atom. The summed E-state index contributed by atoms with van der Waals surface area (Å²) < 4.78 is 39.2. The van der Waals surface area contributed by atoms with Crippen molar-refractivity contribution in [2.45, 2.75) is 77.3 Å². The van der Waals surface area contributed by atoms with Crippen LogP contribution in [-0.4, -0.2) is 39.2 Å². The largest absolute Gasteiger partial charge is 0.481 e. The maximum Gasteiger partial charge on any atom is 0.416 e. The van der Waals surface area contributed by atoms with Crippen molar-refractivity contribution in [2.24, 2.45) is 17.8 Å². The van der Waals surface area contributed by atoms with Gasteiger partial charge in [0.1, 0.15) is 0 Å². The summed E-state index contributed by atoms with van der Waals surface area (Å²) in [7, 11) is 0. The third-order valence-electron chi connectivity index (χ3n) is 8.94. The highest BCUT2D eigenvalue weighted by atomic mass is 32.1. The first-order chi connectivity index (χ1) is 20.1. The van der Waals surface area contributed by atoms with Gasteiger partial charge in [0, 0.05) is 35.9 Å². The Labute approximate surface area is 251 Å². The van der Waals surface area contributed by atoms with Gasteiger partial charge in [-0.3, -0.25) is 4.79 Å². The number of H-pyrrole nitrogens is 1. The van der Waals surface area contributed by atoms with Crippen molar-refractivity contribution >= 4 is 39.9 Å². The van der Waals surface area contributed by atoms with E-state index in [1.54, 1.807) is 6.07 Å². The minimum absolute atomic E-state index is 0.0456. The molecule has 228 valence electrons. The third-order valence-corrected chi connectivity index (χ3v) is 9.30. The van der Waals surface area contributed by atoms with Crippen molar-refractivity contribution in [1.29, 1.82) is 0 Å². The summed E-state index contributed by atoms with van der Waals surface area (Å²) in [4.78, 5) is 17.8. The Kier molecular flexibility index (Phi) is 10.9. The molecule has 3 aromatic rings. The number of aromatic nitrogens is 1. The van der Waals surface area contributed by atoms with Crippen LogP contribution in [0, 0.1) is 17.8 Å². The van der Waals surface area contributed by atoms with E-state index in [-0.39, 0.29) is 5.92 Å². The zero-order valence-electron chi connectivity index (χ0n) is 24.4. The first kappa shape index (κ1) is 31.9. The fourth-order valence-electron chi connectivity index (χ4n) is 6.50. The zero-order chi connectivity index (χ0) is 30.3. The van der Waals surface area contributed by atoms with Crippen molar-refractivity contribution in [1.82, 2.24) is 9.88 Å². The van der Waals surface area contributed by atoms with Crippen LogP contribution in [0.5, 0.6) is 0 Å². The minimum Gasteiger partial charge on any atom is -0.481 e. The van der Waals surface area contributed by atoms with Crippen LogP contribution in [0.4, 0.5) is 18.9 Å². The molecule has 3 unspecified atom stereocenters. The number of carboxylic acids is 1. The molecule has 3 atom stereocenters. The lowest BCUT2D eigenvalue weighted by Gasteiger charge is -2.37. The predicted octanol–water partition coefficient (Wildman–Crippen LogP) is 9.08. The number of benzene rings is 2. The molecule has 1 aliphatic heterocycles. The number of nitrogens with one attached hydrogen (secondary N) is 2. The highest BCUT2D eigenvalue weighted by molar-refractivity contribution is 7.80. The molecule has 0 spiro atoms. The van der Waals surface area contributed by atoms with Gasteiger partial charge in [-0.15, -0.1) is 0 Å². The Bertz CT molecular complexity index is 1330. The second-order valence-corrected chi connectivity index (χ2v) is 12.0. The van der Waals surface area contributed by atoms with Crippen molar-refractivity contribution in [3.8, 4) is 0 Å². The summed E-state index contributed by atoms with van der Waals surface area (Å²) in [5.41, 5.74) is 2.08. The maximum absolute atomic E-state index is 13.1. The van der Waals surface area contributed by atoms with Gasteiger partial charge in [0.05, 0.1) is 11.5 Å². The van der Waals surface area contributed by atoms with Crippen LogP contribution < -0.4 is 5.32 Å². The molecule has 42 heavy (non-hydrogen) atoms. The van der Waals surface area contributed by atoms with Crippen molar-refractivity contribution < 1.29 is 23.1 Å². The van der Waals surface area contributed by atoms with Crippen LogP contribution in [-0.2, 0) is 11.0 Å². The Morgan fingerprint density at radius 3 is 2.50 bits per heavy atom. The molecule has 1 saturated heterocycles. The Hall–Kier alpha value is -3.07. The van der Waals surface area contributed by atoms with Gasteiger partial charge in [-0.25, -0.2) is 0 Å². The predicted molar refractivity (Wildman–Crippen MR) is 167 cm³/mol. The molecular formula is C33H42F3N3O2S. The van der Waals surface area contributed by atoms with Crippen LogP contribution in [0.2, 0.25) is 0 Å². The molecule has 3 N–H and O–H groups in total. The van der Waals surface area contributed by atoms with Crippen LogP contribution >= 0.6 is 12.2 Å². The van der Waals surface area contributed by atoms with Crippen molar-refractivity contribution in [3.63, 3.8) is 0 Å². The average molecular weight is 602 g/mol. The number of rotatable bonds is 12. The SMILES string of the molecule is CCCC(CCC(CC)CC(C(=O)O)C1CCN(C(=S)Nc2cccc(C(F)(F)F)c2)CC1)c1c[nH]c2ccccc12. The van der Waals surface area contributed by atoms with E-state index in [0.717, 1.165) is 49.8 Å². The lowest BCUT2D eigenvalue weighted by atomic mass is 9.76. The standard InChI is InChI=1S/C33H42F3N3O2S/c1-3-8-23(29-21-37-30-12-6-5-11-27(29)30)14-13-22(4-2)19-28(31(40)41)24-15-17-39(18-16-24)32(42)38-26-10-7-9-25(20-26)33(34,35)36/h5-7,9-12,20-24,28,37H,3-4,8,13-19H2,1-2H3,(H,38,42)(H,40,41). The van der Waals surface area contributed by atoms with Crippen molar-refractivity contribution in [2.75, 3.05) is 18.4 Å². The summed E-state index contributed by atoms with van der Waals surface area (Å²) >= 11 is 5.50. The number of likely N-dealkylation sites (tertiary alicyclic amines) is 1. The number of hydrogen-bond donors (Lipinski definition) is 3. The first-order valence-electron chi connectivity index (χ1n) is 15.1. The molecule has 1 aromatic heterocycles. The number of piperidine rings is 1. The first-order valence-corrected chi connectivity index (χ1v) is 15.5. The Morgan fingerprint density at radius 1 is 1.10 bits per heavy atom. The number of aliphatic carboxylic acids is 1. The second kappa shape index (κ2) is 14.4. The van der Waals surface area contributed by atoms with Crippen LogP contribution in [0.15, 0.2) is 54.7 Å². The number of carbonyl (C=O) groups is 1. The molecule has 0 saturated carbocycles. The maximum atomic E-state index is 13.1. The molecule has 2 heterocycles. The summed E-state index contributed by atoms with van der Waals surface area (Å²) in [6.07, 6.45) is 4.94. The topological polar surface area (TPSA) is 68.4 Å². The highest BCUT2D eigenvalue weighted by Crippen LogP contribution is 2.37. The van der Waals surface area contributed by atoms with Crippen LogP contribution in [0.1, 0.15) is 82.3 Å². The second-order valence-electron chi connectivity index (χ2n) is 11.6. The molecule has 9 heteroatoms. The molecule has 0 amide bonds. The number of aromatic amines is 1. The van der Waals surface area contributed by atoms with Gasteiger partial charge >= 0.3 is 12.1 Å². The van der Waals surface area contributed by atoms with Gasteiger partial charge in [0.15, 0.2) is 5.11 Å². The minimum atomic E-state index is -4.42. The molecular weight excluding hydrogens is 559 g/mol. The number of carboxylic acid groups (broad SMARTS) is 1. The van der Waals surface area contributed by atoms with E-state index in [0.29, 0.717) is 55.0 Å². The zero-order valence-corrected chi connectivity index (χ0v) is 25.2. The van der Waals surface area contributed by atoms with Gasteiger partial charge in [-0.05, 0) is 98.3 Å². The van der Waals surface area contributed by atoms with E-state index in [1.807, 2.05) is 11.0 Å². The molecule has 1 fully saturated rings. The van der Waals surface area contributed by atoms with E-state index < -0.39 is 23.6 Å². The van der Waals surface area contributed by atoms with Gasteiger partial charge in [-0.2, -0.15) is 13.2 Å². The molecule has 5 nitrogen and oxygen atoms in total. The fraction of sp³-hybridized carbons (Fsp3) is 0.515. The summed E-state index contributed by atoms with van der Waals surface area (Å²) in [5.74, 6) is -0.336. The van der Waals surface area contributed by atoms with E-state index >= 15 is 0 Å². The molecule has 2 aromatic carbocycles. The number of para-hydroxylation sites is 1. The van der Waals surface area contributed by atoms with Crippen LogP contribution in [0.25, 0.3) is 10.9 Å². The van der Waals surface area contributed by atoms with Crippen molar-refractivity contribution in [3.05, 3.63) is 65.9 Å². The van der Waals surface area contributed by atoms with Gasteiger partial charge in [0.25, 0.3) is 0 Å². The lowest BCUT2D eigenvalue weighted by molar-refractivity contribution is -0.145. The third kappa shape index (κ3) is 8.06. The number of halogens is 3. The van der Waals surface area contributed by atoms with E-state index in [1.165, 1.54) is 17.0 Å². The number of nitrogens with zero attached hydrogens (tertiary/aromatic N) is 1. The number of hydrogen-bond acceptors (Lipinski definition) is 2. The van der Waals surface area contributed by atoms with Gasteiger partial charge in [0.2, 0.25) is 0 Å². The summed E-state index contributed by atoms with van der Waals surface area (Å²) in [6.45, 7) is 5.53. The fourth-order valence-corrected chi connectivity index (χ4v) is 6.80. The lowest BCUT2D eigenvalue weighted by Crippen LogP contribution is -2.43. The average Bonchev–Trinajstić information content (AvgIpc) is 3.40. The number of alkyl halides is 3. The molecule has 1 aliphatic rings. The van der Waals surface area contributed by atoms with Gasteiger partial charge < -0.3 is 20.3 Å². The smallest absolute Gasteiger partial charge is 0.416 e. The molecule has 0 radical (unpaired) electrons. The van der Waals surface area contributed by atoms with Crippen LogP contribution in [0.3, 0.4) is 0 Å². The highest BCUT2D eigenvalue weighted by Gasteiger charge is 2.34. The van der Waals surface area contributed by atoms with Gasteiger partial charge in [-0.1, -0.05) is 51.0 Å². The normalized spacial score (nSPS) is 16.7. The Balaban J connectivity index is 1.33. The number of anilines is 1. The monoisotopic (exact) mass is 601 g/mol. The van der Waals surface area contributed by atoms with E-state index in [9.17, 15) is 23.1 Å². The summed E-state index contributed by atoms with van der Waals surface area (Å²) in [6, 6.07) is 13.4.